The van der Waals surface area contributed by atoms with Gasteiger partial charge in [0.25, 0.3) is 0 Å². The first kappa shape index (κ1) is 20.1. The highest BCUT2D eigenvalue weighted by Crippen LogP contribution is 2.30. The van der Waals surface area contributed by atoms with Gasteiger partial charge >= 0.3 is 5.97 Å². The normalized spacial score (nSPS) is 12.9. The molecule has 0 aliphatic carbocycles. The molecule has 3 rings (SSSR count). The molecular weight excluding hydrogens is 420 g/mol. The number of hydrogen-bond donors (Lipinski definition) is 1. The molecule has 3 aromatic rings. The van der Waals surface area contributed by atoms with Crippen LogP contribution in [0.25, 0.3) is 0 Å². The first-order chi connectivity index (χ1) is 13.5. The summed E-state index contributed by atoms with van der Waals surface area (Å²) >= 11 is 3.50. The van der Waals surface area contributed by atoms with Crippen LogP contribution in [0.5, 0.6) is 5.75 Å². The van der Waals surface area contributed by atoms with Gasteiger partial charge in [0.15, 0.2) is 5.60 Å². The number of carbonyl (C=O) groups is 1. The molecule has 0 radical (unpaired) electrons. The average molecular weight is 441 g/mol. The van der Waals surface area contributed by atoms with Crippen LogP contribution in [-0.2, 0) is 28.3 Å². The predicted molar refractivity (Wildman–Crippen MR) is 111 cm³/mol. The van der Waals surface area contributed by atoms with Gasteiger partial charge in [0.1, 0.15) is 12.4 Å². The molecule has 0 bridgehead atoms. The van der Waals surface area contributed by atoms with Gasteiger partial charge < -0.3 is 14.6 Å². The van der Waals surface area contributed by atoms with Crippen molar-refractivity contribution >= 4 is 21.9 Å². The Bertz CT molecular complexity index is 928. The number of ether oxygens (including phenoxy) is 2. The van der Waals surface area contributed by atoms with E-state index in [0.717, 1.165) is 15.6 Å². The van der Waals surface area contributed by atoms with Crippen LogP contribution in [0.1, 0.15) is 23.6 Å². The third-order valence-corrected chi connectivity index (χ3v) is 5.29. The summed E-state index contributed by atoms with van der Waals surface area (Å²) in [6, 6.07) is 24.4. The summed E-state index contributed by atoms with van der Waals surface area (Å²) in [5, 5.41) is 9.74. The highest BCUT2D eigenvalue weighted by molar-refractivity contribution is 9.10. The molecule has 0 saturated heterocycles. The highest BCUT2D eigenvalue weighted by Gasteiger charge is 2.36. The molecule has 0 fully saturated rings. The van der Waals surface area contributed by atoms with Crippen LogP contribution in [-0.4, -0.2) is 11.1 Å². The largest absolute Gasteiger partial charge is 0.489 e. The van der Waals surface area contributed by atoms with E-state index in [1.165, 1.54) is 0 Å². The maximum absolute atomic E-state index is 11.9. The van der Waals surface area contributed by atoms with Crippen molar-refractivity contribution in [3.63, 3.8) is 0 Å². The minimum absolute atomic E-state index is 0.126. The molecule has 1 atom stereocenters. The lowest BCUT2D eigenvalue weighted by molar-refractivity contribution is -0.167. The van der Waals surface area contributed by atoms with E-state index < -0.39 is 11.6 Å². The van der Waals surface area contributed by atoms with Gasteiger partial charge in [0.05, 0.1) is 6.61 Å². The zero-order chi connectivity index (χ0) is 20.0. The van der Waals surface area contributed by atoms with E-state index in [9.17, 15) is 9.90 Å². The minimum Gasteiger partial charge on any atom is -0.489 e. The Balaban J connectivity index is 1.73. The molecule has 0 saturated carbocycles. The maximum atomic E-state index is 11.9. The van der Waals surface area contributed by atoms with E-state index in [1.807, 2.05) is 54.6 Å². The summed E-state index contributed by atoms with van der Waals surface area (Å²) in [6.45, 7) is 2.15. The van der Waals surface area contributed by atoms with E-state index in [2.05, 4.69) is 15.9 Å². The molecule has 0 amide bonds. The Morgan fingerprint density at radius 1 is 0.964 bits per heavy atom. The zero-order valence-corrected chi connectivity index (χ0v) is 17.1. The number of benzene rings is 3. The standard InChI is InChI=1S/C23H21BrO4/c1-23(22(25)26,19-10-6-3-7-11-19)28-16-18-14-20(12-13-21(18)24)27-15-17-8-4-2-5-9-17/h2-14H,15-16H2,1H3,(H,25,26). The Kier molecular flexibility index (Phi) is 6.49. The second-order valence-corrected chi connectivity index (χ2v) is 7.37. The first-order valence-corrected chi connectivity index (χ1v) is 9.66. The second-order valence-electron chi connectivity index (χ2n) is 6.52. The van der Waals surface area contributed by atoms with Crippen LogP contribution in [0.4, 0.5) is 0 Å². The van der Waals surface area contributed by atoms with Gasteiger partial charge in [-0.25, -0.2) is 4.79 Å². The monoisotopic (exact) mass is 440 g/mol. The van der Waals surface area contributed by atoms with Gasteiger partial charge in [0.2, 0.25) is 0 Å². The molecule has 5 heteroatoms. The van der Waals surface area contributed by atoms with Crippen molar-refractivity contribution in [3.05, 3.63) is 100 Å². The molecule has 28 heavy (non-hydrogen) atoms. The van der Waals surface area contributed by atoms with Crippen molar-refractivity contribution in [1.29, 1.82) is 0 Å². The van der Waals surface area contributed by atoms with Crippen molar-refractivity contribution < 1.29 is 19.4 Å². The van der Waals surface area contributed by atoms with Crippen LogP contribution < -0.4 is 4.74 Å². The van der Waals surface area contributed by atoms with Crippen molar-refractivity contribution in [2.24, 2.45) is 0 Å². The van der Waals surface area contributed by atoms with Gasteiger partial charge in [-0.3, -0.25) is 0 Å². The lowest BCUT2D eigenvalue weighted by Crippen LogP contribution is -2.35. The van der Waals surface area contributed by atoms with Gasteiger partial charge in [-0.15, -0.1) is 0 Å². The Morgan fingerprint density at radius 2 is 1.61 bits per heavy atom. The molecule has 4 nitrogen and oxygen atoms in total. The third kappa shape index (κ3) is 4.80. The smallest absolute Gasteiger partial charge is 0.340 e. The van der Waals surface area contributed by atoms with Crippen molar-refractivity contribution in [2.75, 3.05) is 0 Å². The Morgan fingerprint density at radius 3 is 2.25 bits per heavy atom. The summed E-state index contributed by atoms with van der Waals surface area (Å²) in [4.78, 5) is 11.9. The number of rotatable bonds is 8. The Labute approximate surface area is 172 Å². The summed E-state index contributed by atoms with van der Waals surface area (Å²) in [7, 11) is 0. The molecule has 0 spiro atoms. The van der Waals surface area contributed by atoms with E-state index >= 15 is 0 Å². The van der Waals surface area contributed by atoms with E-state index in [4.69, 9.17) is 9.47 Å². The molecule has 0 aliphatic rings. The molecule has 0 aliphatic heterocycles. The highest BCUT2D eigenvalue weighted by atomic mass is 79.9. The van der Waals surface area contributed by atoms with Crippen LogP contribution in [0.15, 0.2) is 83.3 Å². The molecule has 3 aromatic carbocycles. The maximum Gasteiger partial charge on any atom is 0.340 e. The zero-order valence-electron chi connectivity index (χ0n) is 15.5. The minimum atomic E-state index is -1.44. The fourth-order valence-corrected chi connectivity index (χ4v) is 3.10. The van der Waals surface area contributed by atoms with Gasteiger partial charge in [-0.2, -0.15) is 0 Å². The third-order valence-electron chi connectivity index (χ3n) is 4.51. The lowest BCUT2D eigenvalue weighted by atomic mass is 9.96. The van der Waals surface area contributed by atoms with Crippen LogP contribution in [0.3, 0.4) is 0 Å². The lowest BCUT2D eigenvalue weighted by Gasteiger charge is -2.26. The fourth-order valence-electron chi connectivity index (χ4n) is 2.74. The molecule has 1 unspecified atom stereocenters. The first-order valence-electron chi connectivity index (χ1n) is 8.87. The molecule has 1 N–H and O–H groups in total. The molecule has 144 valence electrons. The molecule has 0 heterocycles. The number of halogens is 1. The molecule has 0 aromatic heterocycles. The predicted octanol–water partition coefficient (Wildman–Crippen LogP) is 5.54. The van der Waals surface area contributed by atoms with Crippen molar-refractivity contribution in [3.8, 4) is 5.75 Å². The summed E-state index contributed by atoms with van der Waals surface area (Å²) in [6.07, 6.45) is 0. The van der Waals surface area contributed by atoms with Crippen molar-refractivity contribution in [2.45, 2.75) is 25.7 Å². The second kappa shape index (κ2) is 9.04. The van der Waals surface area contributed by atoms with Crippen LogP contribution in [0.2, 0.25) is 0 Å². The SMILES string of the molecule is CC(OCc1cc(OCc2ccccc2)ccc1Br)(C(=O)O)c1ccccc1. The van der Waals surface area contributed by atoms with E-state index in [0.29, 0.717) is 17.9 Å². The summed E-state index contributed by atoms with van der Waals surface area (Å²) in [5.74, 6) is -0.339. The Hall–Kier alpha value is -2.63. The van der Waals surface area contributed by atoms with Gasteiger partial charge in [0, 0.05) is 4.47 Å². The fraction of sp³-hybridized carbons (Fsp3) is 0.174. The summed E-state index contributed by atoms with van der Waals surface area (Å²) in [5.41, 5.74) is 1.04. The van der Waals surface area contributed by atoms with E-state index in [1.54, 1.807) is 31.2 Å². The van der Waals surface area contributed by atoms with Crippen molar-refractivity contribution in [1.82, 2.24) is 0 Å². The van der Waals surface area contributed by atoms with Gasteiger partial charge in [-0.05, 0) is 41.8 Å². The number of aliphatic carboxylic acids is 1. The quantitative estimate of drug-likeness (QED) is 0.499. The van der Waals surface area contributed by atoms with Crippen LogP contribution >= 0.6 is 15.9 Å². The number of hydrogen-bond acceptors (Lipinski definition) is 3. The number of carboxylic acids is 1. The average Bonchev–Trinajstić information content (AvgIpc) is 2.73. The van der Waals surface area contributed by atoms with Gasteiger partial charge in [-0.1, -0.05) is 76.6 Å². The van der Waals surface area contributed by atoms with E-state index in [-0.39, 0.29) is 6.61 Å². The number of carboxylic acid groups (broad SMARTS) is 1. The topological polar surface area (TPSA) is 55.8 Å². The van der Waals surface area contributed by atoms with Crippen LogP contribution in [0, 0.1) is 0 Å². The molecular formula is C23H21BrO4. The summed E-state index contributed by atoms with van der Waals surface area (Å²) < 4.78 is 12.6.